The lowest BCUT2D eigenvalue weighted by molar-refractivity contribution is 0.199. The summed E-state index contributed by atoms with van der Waals surface area (Å²) in [5.74, 6) is 5.54. The summed E-state index contributed by atoms with van der Waals surface area (Å²) in [6, 6.07) is 18.4. The van der Waals surface area contributed by atoms with Gasteiger partial charge in [0.1, 0.15) is 0 Å². The first-order chi connectivity index (χ1) is 35.8. The monoisotopic (exact) mass is 1070 g/mol. The third kappa shape index (κ3) is 12.0. The molecule has 0 saturated carbocycles. The second-order valence-electron chi connectivity index (χ2n) is 20.5. The molecule has 0 aliphatic heterocycles. The Bertz CT molecular complexity index is 3000. The Labute approximate surface area is 454 Å². The van der Waals surface area contributed by atoms with Gasteiger partial charge in [0.05, 0.1) is 55.0 Å². The maximum absolute atomic E-state index is 6.84. The summed E-state index contributed by atoms with van der Waals surface area (Å²) in [7, 11) is 0. The van der Waals surface area contributed by atoms with Gasteiger partial charge in [-0.2, -0.15) is 0 Å². The summed E-state index contributed by atoms with van der Waals surface area (Å²) in [5, 5.41) is 26.1. The number of ether oxygens (including phenoxy) is 4. The fourth-order valence-corrected chi connectivity index (χ4v) is 15.9. The van der Waals surface area contributed by atoms with E-state index in [0.717, 1.165) is 68.5 Å². The van der Waals surface area contributed by atoms with E-state index in [4.69, 9.17) is 29.1 Å². The van der Waals surface area contributed by atoms with Crippen molar-refractivity contribution in [1.29, 1.82) is 0 Å². The molecule has 5 aromatic heterocycles. The van der Waals surface area contributed by atoms with Crippen LogP contribution in [0.5, 0.6) is 23.0 Å². The second kappa shape index (κ2) is 25.7. The van der Waals surface area contributed by atoms with Gasteiger partial charge in [0, 0.05) is 21.5 Å². The highest BCUT2D eigenvalue weighted by molar-refractivity contribution is 7.32. The molecule has 11 heteroatoms. The van der Waals surface area contributed by atoms with E-state index in [1.807, 2.05) is 45.3 Å². The van der Waals surface area contributed by atoms with E-state index in [9.17, 15) is 0 Å². The molecule has 73 heavy (non-hydrogen) atoms. The summed E-state index contributed by atoms with van der Waals surface area (Å²) >= 11 is 9.01. The van der Waals surface area contributed by atoms with Crippen molar-refractivity contribution < 1.29 is 18.9 Å². The van der Waals surface area contributed by atoms with Crippen molar-refractivity contribution in [1.82, 2.24) is 10.2 Å². The lowest BCUT2D eigenvalue weighted by Crippen LogP contribution is -2.14. The van der Waals surface area contributed by atoms with Crippen molar-refractivity contribution in [2.24, 2.45) is 23.7 Å². The fraction of sp³-hybridized carbons (Fsp3) is 0.516. The van der Waals surface area contributed by atoms with Crippen LogP contribution in [0.25, 0.3) is 81.7 Å². The Morgan fingerprint density at radius 2 is 0.685 bits per heavy atom. The number of hydrogen-bond acceptors (Lipinski definition) is 11. The van der Waals surface area contributed by atoms with Gasteiger partial charge in [-0.3, -0.25) is 0 Å². The van der Waals surface area contributed by atoms with Gasteiger partial charge in [-0.1, -0.05) is 144 Å². The van der Waals surface area contributed by atoms with Crippen molar-refractivity contribution >= 4 is 119 Å². The van der Waals surface area contributed by atoms with Crippen molar-refractivity contribution in [3.8, 4) is 42.8 Å². The van der Waals surface area contributed by atoms with Gasteiger partial charge in [-0.05, 0) is 130 Å². The standard InChI is InChI=1S/C62H78N2O4S5/c1-9-17-21-39(13-5)35-65-51-29-45-43-25-27-69-57(43)59-49(47(45)31-53(51)67-37-41(15-7)23-19-11-3)33-55(71-59)61-63-64-62(73-61)56-34-50-48-32-54(68-38-42(16-8)24-20-12-4)52(66-36-40(14-6)22-18-10-2)30-46(48)44-26-28-70-58(44)60(50)72-56/h25-34,39-42H,9-24,35-38H2,1-8H3. The molecule has 0 N–H and O–H groups in total. The molecule has 0 aliphatic carbocycles. The van der Waals surface area contributed by atoms with Gasteiger partial charge in [0.2, 0.25) is 0 Å². The summed E-state index contributed by atoms with van der Waals surface area (Å²) in [6.07, 6.45) is 18.9. The number of benzene rings is 4. The number of aromatic nitrogens is 2. The minimum atomic E-state index is 0.516. The number of unbranched alkanes of at least 4 members (excludes halogenated alkanes) is 4. The topological polar surface area (TPSA) is 62.7 Å². The van der Waals surface area contributed by atoms with E-state index in [2.05, 4.69) is 115 Å². The summed E-state index contributed by atoms with van der Waals surface area (Å²) in [4.78, 5) is 2.28. The average molecular weight is 1080 g/mol. The van der Waals surface area contributed by atoms with E-state index in [1.165, 1.54) is 139 Å². The summed E-state index contributed by atoms with van der Waals surface area (Å²) in [5.41, 5.74) is 0. The molecule has 0 aliphatic rings. The number of rotatable bonds is 30. The van der Waals surface area contributed by atoms with E-state index in [0.29, 0.717) is 50.1 Å². The molecule has 9 rings (SSSR count). The van der Waals surface area contributed by atoms with Crippen LogP contribution in [-0.2, 0) is 0 Å². The zero-order valence-electron chi connectivity index (χ0n) is 44.8. The molecule has 4 aromatic carbocycles. The maximum atomic E-state index is 6.84. The minimum absolute atomic E-state index is 0.516. The molecule has 9 aromatic rings. The maximum Gasteiger partial charge on any atom is 0.161 e. The Morgan fingerprint density at radius 1 is 0.370 bits per heavy atom. The largest absolute Gasteiger partial charge is 0.489 e. The highest BCUT2D eigenvalue weighted by Crippen LogP contribution is 2.51. The molecular formula is C62H78N2O4S5. The van der Waals surface area contributed by atoms with Crippen molar-refractivity contribution in [2.45, 2.75) is 158 Å². The van der Waals surface area contributed by atoms with Gasteiger partial charge in [-0.15, -0.1) is 55.5 Å². The average Bonchev–Trinajstić information content (AvgIpc) is 4.29. The lowest BCUT2D eigenvalue weighted by Gasteiger charge is -2.21. The van der Waals surface area contributed by atoms with Crippen molar-refractivity contribution in [2.75, 3.05) is 26.4 Å². The predicted octanol–water partition coefficient (Wildman–Crippen LogP) is 21.4. The number of fused-ring (bicyclic) bond motifs is 12. The first-order valence-corrected chi connectivity index (χ1v) is 32.2. The lowest BCUT2D eigenvalue weighted by atomic mass is 10.00. The van der Waals surface area contributed by atoms with Gasteiger partial charge in [0.15, 0.2) is 33.0 Å². The number of thiophene rings is 4. The van der Waals surface area contributed by atoms with Crippen LogP contribution in [0.15, 0.2) is 59.3 Å². The molecule has 0 saturated heterocycles. The van der Waals surface area contributed by atoms with Crippen LogP contribution in [-0.4, -0.2) is 36.6 Å². The Hall–Kier alpha value is -4.00. The Morgan fingerprint density at radius 3 is 0.986 bits per heavy atom. The van der Waals surface area contributed by atoms with Crippen LogP contribution in [0, 0.1) is 23.7 Å². The van der Waals surface area contributed by atoms with Gasteiger partial charge in [0.25, 0.3) is 0 Å². The molecule has 0 amide bonds. The second-order valence-corrected chi connectivity index (χ2v) is 25.5. The third-order valence-electron chi connectivity index (χ3n) is 15.5. The zero-order valence-corrected chi connectivity index (χ0v) is 48.9. The quantitative estimate of drug-likeness (QED) is 0.0447. The highest BCUT2D eigenvalue weighted by Gasteiger charge is 2.24. The van der Waals surface area contributed by atoms with E-state index < -0.39 is 0 Å². The molecule has 0 radical (unpaired) electrons. The van der Waals surface area contributed by atoms with Crippen molar-refractivity contribution in [3.63, 3.8) is 0 Å². The van der Waals surface area contributed by atoms with E-state index in [-0.39, 0.29) is 0 Å². The van der Waals surface area contributed by atoms with Crippen LogP contribution in [0.3, 0.4) is 0 Å². The molecule has 0 spiro atoms. The van der Waals surface area contributed by atoms with Gasteiger partial charge < -0.3 is 18.9 Å². The molecule has 4 atom stereocenters. The smallest absolute Gasteiger partial charge is 0.161 e. The molecular weight excluding hydrogens is 997 g/mol. The van der Waals surface area contributed by atoms with Crippen LogP contribution in [0.2, 0.25) is 0 Å². The Balaban J connectivity index is 1.09. The van der Waals surface area contributed by atoms with Crippen LogP contribution < -0.4 is 18.9 Å². The Kier molecular flexibility index (Phi) is 18.9. The van der Waals surface area contributed by atoms with Crippen molar-refractivity contribution in [3.05, 3.63) is 59.3 Å². The van der Waals surface area contributed by atoms with E-state index in [1.54, 1.807) is 11.3 Å². The van der Waals surface area contributed by atoms with Crippen LogP contribution >= 0.6 is 56.7 Å². The number of nitrogens with zero attached hydrogens (tertiary/aromatic N) is 2. The van der Waals surface area contributed by atoms with Crippen LogP contribution in [0.1, 0.15) is 158 Å². The molecule has 6 nitrogen and oxygen atoms in total. The van der Waals surface area contributed by atoms with Gasteiger partial charge in [-0.25, -0.2) is 0 Å². The van der Waals surface area contributed by atoms with Gasteiger partial charge >= 0.3 is 0 Å². The molecule has 0 fully saturated rings. The van der Waals surface area contributed by atoms with E-state index >= 15 is 0 Å². The minimum Gasteiger partial charge on any atom is -0.489 e. The number of hydrogen-bond donors (Lipinski definition) is 0. The fourth-order valence-electron chi connectivity index (χ4n) is 10.4. The molecule has 4 unspecified atom stereocenters. The summed E-state index contributed by atoms with van der Waals surface area (Å²) in [6.45, 7) is 21.1. The first kappa shape index (κ1) is 53.8. The highest BCUT2D eigenvalue weighted by atomic mass is 32.1. The van der Waals surface area contributed by atoms with Crippen LogP contribution in [0.4, 0.5) is 0 Å². The molecule has 0 bridgehead atoms. The summed E-state index contributed by atoms with van der Waals surface area (Å²) < 4.78 is 32.5. The normalized spacial score (nSPS) is 13.8. The SMILES string of the molecule is CCCCC(CC)COc1cc2c(cc1OCC(CC)CCCC)c1cc(-c3nnc(-c4cc5c6cc(OCC(CC)CCCC)c(OCC(CC)CCCC)cc6c6ccsc6c5s4)s3)sc1c1sccc21. The predicted molar refractivity (Wildman–Crippen MR) is 323 cm³/mol. The first-order valence-electron chi connectivity index (χ1n) is 28.0. The third-order valence-corrected chi connectivity index (χ3v) is 21.1. The molecule has 390 valence electrons. The zero-order chi connectivity index (χ0) is 50.8. The molecule has 5 heterocycles.